The van der Waals surface area contributed by atoms with Crippen LogP contribution in [0.25, 0.3) is 0 Å². The zero-order chi connectivity index (χ0) is 21.6. The Balaban J connectivity index is 2.06. The van der Waals surface area contributed by atoms with Gasteiger partial charge in [0.15, 0.2) is 21.4 Å². The molecule has 1 fully saturated rings. The molecular weight excluding hydrogens is 436 g/mol. The lowest BCUT2D eigenvalue weighted by Crippen LogP contribution is -2.65. The molecule has 30 heavy (non-hydrogen) atoms. The van der Waals surface area contributed by atoms with Crippen LogP contribution >= 0.6 is 11.6 Å². The van der Waals surface area contributed by atoms with Crippen LogP contribution < -0.4 is 10.5 Å². The fourth-order valence-electron chi connectivity index (χ4n) is 4.81. The van der Waals surface area contributed by atoms with E-state index in [1.807, 2.05) is 0 Å². The predicted molar refractivity (Wildman–Crippen MR) is 108 cm³/mol. The van der Waals surface area contributed by atoms with Crippen molar-refractivity contribution in [3.05, 3.63) is 58.6 Å². The summed E-state index contributed by atoms with van der Waals surface area (Å²) in [6, 6.07) is 7.54. The van der Waals surface area contributed by atoms with Gasteiger partial charge in [-0.05, 0) is 49.2 Å². The van der Waals surface area contributed by atoms with Crippen molar-refractivity contribution in [1.82, 2.24) is 0 Å². The molecule has 162 valence electrons. The van der Waals surface area contributed by atoms with E-state index in [-0.39, 0.29) is 42.4 Å². The van der Waals surface area contributed by atoms with Crippen molar-refractivity contribution in [3.8, 4) is 5.75 Å². The lowest BCUT2D eigenvalue weighted by atomic mass is 9.69. The maximum absolute atomic E-state index is 15.3. The van der Waals surface area contributed by atoms with Crippen molar-refractivity contribution in [1.29, 1.82) is 0 Å². The lowest BCUT2D eigenvalue weighted by Gasteiger charge is -2.54. The van der Waals surface area contributed by atoms with E-state index in [0.717, 1.165) is 12.1 Å². The molecule has 0 unspecified atom stereocenters. The third kappa shape index (κ3) is 2.96. The van der Waals surface area contributed by atoms with Crippen LogP contribution in [-0.4, -0.2) is 33.8 Å². The van der Waals surface area contributed by atoms with Gasteiger partial charge in [-0.25, -0.2) is 17.2 Å². The predicted octanol–water partition coefficient (Wildman–Crippen LogP) is 3.97. The monoisotopic (exact) mass is 457 g/mol. The second kappa shape index (κ2) is 7.75. The quantitative estimate of drug-likeness (QED) is 0.735. The Morgan fingerprint density at radius 3 is 2.43 bits per heavy atom. The van der Waals surface area contributed by atoms with Crippen LogP contribution in [0.3, 0.4) is 0 Å². The minimum atomic E-state index is -4.25. The Morgan fingerprint density at radius 2 is 1.73 bits per heavy atom. The maximum atomic E-state index is 15.3. The number of rotatable bonds is 5. The largest absolute Gasteiger partial charge is 0.487 e. The van der Waals surface area contributed by atoms with Crippen LogP contribution in [0.4, 0.5) is 8.78 Å². The van der Waals surface area contributed by atoms with Crippen LogP contribution in [0, 0.1) is 11.6 Å². The van der Waals surface area contributed by atoms with Gasteiger partial charge in [0.1, 0.15) is 22.8 Å². The Bertz CT molecular complexity index is 1060. The second-order valence-electron chi connectivity index (χ2n) is 7.64. The fraction of sp³-hybridized carbons (Fsp3) is 0.429. The van der Waals surface area contributed by atoms with Gasteiger partial charge in [0.05, 0.1) is 17.1 Å². The second-order valence-corrected chi connectivity index (χ2v) is 10.3. The van der Waals surface area contributed by atoms with Crippen molar-refractivity contribution in [2.24, 2.45) is 5.73 Å². The summed E-state index contributed by atoms with van der Waals surface area (Å²) in [5, 5.41) is 0.366. The SMILES string of the molecule is NCCO[C@]12CCCC[C@@]1(S(=O)(=O)c1ccc(Cl)cc1)c1c(F)ccc(F)c1OC2. The van der Waals surface area contributed by atoms with Crippen LogP contribution in [-0.2, 0) is 19.3 Å². The molecule has 1 aliphatic carbocycles. The minimum absolute atomic E-state index is 0.0361. The molecule has 0 radical (unpaired) electrons. The van der Waals surface area contributed by atoms with Gasteiger partial charge in [0.2, 0.25) is 0 Å². The first-order valence-corrected chi connectivity index (χ1v) is 11.6. The fourth-order valence-corrected chi connectivity index (χ4v) is 7.41. The third-order valence-electron chi connectivity index (χ3n) is 6.09. The highest BCUT2D eigenvalue weighted by Crippen LogP contribution is 2.59. The molecule has 2 aromatic carbocycles. The summed E-state index contributed by atoms with van der Waals surface area (Å²) in [6.45, 7) is -0.00196. The lowest BCUT2D eigenvalue weighted by molar-refractivity contribution is -0.131. The number of sulfone groups is 1. The molecule has 2 N–H and O–H groups in total. The molecule has 0 aromatic heterocycles. The van der Waals surface area contributed by atoms with Gasteiger partial charge in [-0.2, -0.15) is 0 Å². The third-order valence-corrected chi connectivity index (χ3v) is 8.93. The van der Waals surface area contributed by atoms with E-state index in [0.29, 0.717) is 24.3 Å². The number of nitrogens with two attached hydrogens (primary N) is 1. The molecule has 1 heterocycles. The smallest absolute Gasteiger partial charge is 0.191 e. The van der Waals surface area contributed by atoms with E-state index < -0.39 is 31.8 Å². The van der Waals surface area contributed by atoms with Gasteiger partial charge in [0, 0.05) is 11.6 Å². The number of ether oxygens (including phenoxy) is 2. The maximum Gasteiger partial charge on any atom is 0.191 e. The van der Waals surface area contributed by atoms with Gasteiger partial charge >= 0.3 is 0 Å². The van der Waals surface area contributed by atoms with Crippen molar-refractivity contribution in [3.63, 3.8) is 0 Å². The van der Waals surface area contributed by atoms with Crippen molar-refractivity contribution in [2.45, 2.75) is 40.9 Å². The van der Waals surface area contributed by atoms with Gasteiger partial charge in [-0.15, -0.1) is 0 Å². The molecular formula is C21H22ClF2NO4S. The summed E-state index contributed by atoms with van der Waals surface area (Å²) in [6.07, 6.45) is 1.56. The number of hydrogen-bond donors (Lipinski definition) is 1. The molecule has 2 aromatic rings. The van der Waals surface area contributed by atoms with E-state index in [2.05, 4.69) is 0 Å². The summed E-state index contributed by atoms with van der Waals surface area (Å²) in [5.74, 6) is -2.03. The minimum Gasteiger partial charge on any atom is -0.487 e. The van der Waals surface area contributed by atoms with Crippen LogP contribution in [0.1, 0.15) is 31.2 Å². The first-order valence-electron chi connectivity index (χ1n) is 9.75. The molecule has 0 spiro atoms. The van der Waals surface area contributed by atoms with E-state index in [1.54, 1.807) is 0 Å². The molecule has 0 saturated heterocycles. The molecule has 2 atom stereocenters. The zero-order valence-corrected chi connectivity index (χ0v) is 17.7. The Hall–Kier alpha value is -1.74. The van der Waals surface area contributed by atoms with Crippen molar-refractivity contribution >= 4 is 21.4 Å². The topological polar surface area (TPSA) is 78.6 Å². The molecule has 1 saturated carbocycles. The molecule has 0 amide bonds. The standard InChI is InChI=1S/C21H22ClF2NO4S/c22-14-3-5-15(6-4-14)30(26,27)21-10-2-1-9-20(21,29-12-11-25)13-28-19-17(24)8-7-16(23)18(19)21/h3-8H,1-2,9-13,25H2/t20-,21+/m0/s1. The van der Waals surface area contributed by atoms with Crippen LogP contribution in [0.2, 0.25) is 5.02 Å². The highest BCUT2D eigenvalue weighted by atomic mass is 35.5. The number of hydrogen-bond acceptors (Lipinski definition) is 5. The molecule has 5 nitrogen and oxygen atoms in total. The van der Waals surface area contributed by atoms with Gasteiger partial charge < -0.3 is 15.2 Å². The molecule has 9 heteroatoms. The van der Waals surface area contributed by atoms with E-state index >= 15 is 4.39 Å². The average molecular weight is 458 g/mol. The Morgan fingerprint density at radius 1 is 1.07 bits per heavy atom. The first-order chi connectivity index (χ1) is 14.3. The van der Waals surface area contributed by atoms with E-state index in [4.69, 9.17) is 26.8 Å². The summed E-state index contributed by atoms with van der Waals surface area (Å²) in [4.78, 5) is -0.0361. The molecule has 2 aliphatic rings. The average Bonchev–Trinajstić information content (AvgIpc) is 2.74. The Kier molecular flexibility index (Phi) is 5.55. The molecule has 4 rings (SSSR count). The van der Waals surface area contributed by atoms with Crippen LogP contribution in [0.15, 0.2) is 41.3 Å². The van der Waals surface area contributed by atoms with Gasteiger partial charge in [-0.3, -0.25) is 0 Å². The van der Waals surface area contributed by atoms with Crippen molar-refractivity contribution in [2.75, 3.05) is 19.8 Å². The van der Waals surface area contributed by atoms with Crippen LogP contribution in [0.5, 0.6) is 5.75 Å². The number of benzene rings is 2. The molecule has 0 bridgehead atoms. The van der Waals surface area contributed by atoms with E-state index in [1.165, 1.54) is 24.3 Å². The Labute approximate surface area is 179 Å². The summed E-state index contributed by atoms with van der Waals surface area (Å²) >= 11 is 5.94. The summed E-state index contributed by atoms with van der Waals surface area (Å²) < 4.78 is 68.0. The summed E-state index contributed by atoms with van der Waals surface area (Å²) in [5.41, 5.74) is 3.93. The number of halogens is 3. The van der Waals surface area contributed by atoms with Crippen molar-refractivity contribution < 1.29 is 26.7 Å². The highest BCUT2D eigenvalue weighted by molar-refractivity contribution is 7.92. The number of fused-ring (bicyclic) bond motifs is 3. The van der Waals surface area contributed by atoms with Gasteiger partial charge in [-0.1, -0.05) is 24.4 Å². The normalized spacial score (nSPS) is 25.9. The zero-order valence-electron chi connectivity index (χ0n) is 16.2. The van der Waals surface area contributed by atoms with E-state index in [9.17, 15) is 12.8 Å². The highest BCUT2D eigenvalue weighted by Gasteiger charge is 2.67. The van der Waals surface area contributed by atoms with Gasteiger partial charge in [0.25, 0.3) is 0 Å². The summed E-state index contributed by atoms with van der Waals surface area (Å²) in [7, 11) is -4.25. The first kappa shape index (κ1) is 21.5. The molecule has 1 aliphatic heterocycles.